The first-order valence-electron chi connectivity index (χ1n) is 7.84. The molecule has 1 saturated heterocycles. The van der Waals surface area contributed by atoms with Gasteiger partial charge in [-0.05, 0) is 55.4 Å². The van der Waals surface area contributed by atoms with Gasteiger partial charge in [-0.3, -0.25) is 4.79 Å². The number of halogens is 1. The minimum Gasteiger partial charge on any atom is -0.484 e. The molecule has 0 unspecified atom stereocenters. The third-order valence-corrected chi connectivity index (χ3v) is 5.08. The highest BCUT2D eigenvalue weighted by Gasteiger charge is 2.48. The molecular weight excluding hydrogens is 285 g/mol. The molecule has 0 spiro atoms. The summed E-state index contributed by atoms with van der Waals surface area (Å²) in [5.74, 6) is 0.139. The van der Waals surface area contributed by atoms with E-state index in [0.29, 0.717) is 5.75 Å². The lowest BCUT2D eigenvalue weighted by Gasteiger charge is -2.41. The van der Waals surface area contributed by atoms with Crippen LogP contribution in [0.2, 0.25) is 0 Å². The molecule has 120 valence electrons. The van der Waals surface area contributed by atoms with E-state index in [1.54, 1.807) is 0 Å². The lowest BCUT2D eigenvalue weighted by atomic mass is 9.71. The number of aliphatic hydroxyl groups is 1. The fourth-order valence-corrected chi connectivity index (χ4v) is 3.86. The molecule has 1 aliphatic heterocycles. The van der Waals surface area contributed by atoms with Crippen molar-refractivity contribution < 1.29 is 19.0 Å². The van der Waals surface area contributed by atoms with Gasteiger partial charge in [0.25, 0.3) is 5.91 Å². The zero-order valence-corrected chi connectivity index (χ0v) is 12.8. The molecule has 5 heteroatoms. The van der Waals surface area contributed by atoms with E-state index in [-0.39, 0.29) is 35.9 Å². The summed E-state index contributed by atoms with van der Waals surface area (Å²) in [6.45, 7) is 2.86. The molecule has 3 atom stereocenters. The van der Waals surface area contributed by atoms with E-state index in [9.17, 15) is 14.3 Å². The first-order valence-corrected chi connectivity index (χ1v) is 7.84. The van der Waals surface area contributed by atoms with E-state index in [2.05, 4.69) is 6.92 Å². The van der Waals surface area contributed by atoms with Gasteiger partial charge in [-0.1, -0.05) is 6.92 Å². The molecule has 22 heavy (non-hydrogen) atoms. The zero-order valence-electron chi connectivity index (χ0n) is 12.8. The van der Waals surface area contributed by atoms with Gasteiger partial charge in [0.05, 0.1) is 6.10 Å². The summed E-state index contributed by atoms with van der Waals surface area (Å²) in [6, 6.07) is 5.87. The van der Waals surface area contributed by atoms with E-state index >= 15 is 0 Å². The lowest BCUT2D eigenvalue weighted by Crippen LogP contribution is -2.47. The fourth-order valence-electron chi connectivity index (χ4n) is 3.86. The van der Waals surface area contributed by atoms with Crippen LogP contribution in [0.1, 0.15) is 32.6 Å². The van der Waals surface area contributed by atoms with E-state index in [1.165, 1.54) is 24.3 Å². The minimum absolute atomic E-state index is 0.0171. The van der Waals surface area contributed by atoms with Crippen LogP contribution in [0, 0.1) is 11.2 Å². The van der Waals surface area contributed by atoms with Crippen molar-refractivity contribution in [3.63, 3.8) is 0 Å². The highest BCUT2D eigenvalue weighted by atomic mass is 19.1. The van der Waals surface area contributed by atoms with Gasteiger partial charge in [0, 0.05) is 12.6 Å². The maximum absolute atomic E-state index is 12.8. The van der Waals surface area contributed by atoms with Gasteiger partial charge in [0.2, 0.25) is 0 Å². The topological polar surface area (TPSA) is 49.8 Å². The van der Waals surface area contributed by atoms with Crippen LogP contribution in [-0.2, 0) is 4.79 Å². The van der Waals surface area contributed by atoms with Crippen LogP contribution in [0.3, 0.4) is 0 Å². The Morgan fingerprint density at radius 3 is 2.86 bits per heavy atom. The summed E-state index contributed by atoms with van der Waals surface area (Å²) in [5.41, 5.74) is 0.0171. The van der Waals surface area contributed by atoms with Gasteiger partial charge < -0.3 is 14.7 Å². The minimum atomic E-state index is -0.324. The number of carbonyl (C=O) groups excluding carboxylic acids is 1. The largest absolute Gasteiger partial charge is 0.484 e. The van der Waals surface area contributed by atoms with Crippen molar-refractivity contribution in [1.29, 1.82) is 0 Å². The normalized spacial score (nSPS) is 31.0. The average Bonchev–Trinajstić information content (AvgIpc) is 2.82. The number of amides is 1. The van der Waals surface area contributed by atoms with Crippen LogP contribution in [0.4, 0.5) is 4.39 Å². The number of rotatable bonds is 3. The summed E-state index contributed by atoms with van der Waals surface area (Å²) in [7, 11) is 0. The van der Waals surface area contributed by atoms with Crippen molar-refractivity contribution in [2.45, 2.75) is 44.8 Å². The SMILES string of the molecule is C[C@@]12CCN(C(=O)COc3ccc(F)cc3)[C@@H]1CC[C@@H](O)C2. The molecule has 2 aliphatic rings. The Balaban J connectivity index is 1.60. The fraction of sp³-hybridized carbons (Fsp3) is 0.588. The van der Waals surface area contributed by atoms with Crippen molar-refractivity contribution >= 4 is 5.91 Å². The number of hydrogen-bond donors (Lipinski definition) is 1. The molecule has 1 aromatic rings. The Morgan fingerprint density at radius 1 is 1.41 bits per heavy atom. The Hall–Kier alpha value is -1.62. The van der Waals surface area contributed by atoms with Crippen LogP contribution >= 0.6 is 0 Å². The van der Waals surface area contributed by atoms with Gasteiger partial charge >= 0.3 is 0 Å². The van der Waals surface area contributed by atoms with E-state index < -0.39 is 0 Å². The Morgan fingerprint density at radius 2 is 2.14 bits per heavy atom. The Kier molecular flexibility index (Phi) is 4.08. The number of carbonyl (C=O) groups is 1. The maximum atomic E-state index is 12.8. The van der Waals surface area contributed by atoms with E-state index in [4.69, 9.17) is 4.74 Å². The smallest absolute Gasteiger partial charge is 0.260 e. The molecule has 0 aromatic heterocycles. The van der Waals surface area contributed by atoms with Gasteiger partial charge in [0.1, 0.15) is 11.6 Å². The van der Waals surface area contributed by atoms with Crippen molar-refractivity contribution in [1.82, 2.24) is 4.90 Å². The summed E-state index contributed by atoms with van der Waals surface area (Å²) in [6.07, 6.45) is 3.05. The van der Waals surface area contributed by atoms with Crippen LogP contribution in [-0.4, -0.2) is 41.2 Å². The number of aliphatic hydroxyl groups excluding tert-OH is 1. The quantitative estimate of drug-likeness (QED) is 0.932. The second kappa shape index (κ2) is 5.88. The number of benzene rings is 1. The van der Waals surface area contributed by atoms with Crippen molar-refractivity contribution in [3.05, 3.63) is 30.1 Å². The number of fused-ring (bicyclic) bond motifs is 1. The number of likely N-dealkylation sites (tertiary alicyclic amines) is 1. The molecule has 0 bridgehead atoms. The monoisotopic (exact) mass is 307 g/mol. The van der Waals surface area contributed by atoms with Crippen LogP contribution in [0.25, 0.3) is 0 Å². The van der Waals surface area contributed by atoms with Crippen LogP contribution in [0.5, 0.6) is 5.75 Å². The second-order valence-corrected chi connectivity index (χ2v) is 6.68. The first kappa shape index (κ1) is 15.3. The number of nitrogens with zero attached hydrogens (tertiary/aromatic N) is 1. The molecule has 1 aromatic carbocycles. The molecule has 1 saturated carbocycles. The molecule has 2 fully saturated rings. The van der Waals surface area contributed by atoms with Gasteiger partial charge in [0.15, 0.2) is 6.61 Å². The van der Waals surface area contributed by atoms with Crippen molar-refractivity contribution in [3.8, 4) is 5.75 Å². The Labute approximate surface area is 129 Å². The van der Waals surface area contributed by atoms with E-state index in [0.717, 1.165) is 32.2 Å². The molecule has 4 nitrogen and oxygen atoms in total. The third-order valence-electron chi connectivity index (χ3n) is 5.08. The summed E-state index contributed by atoms with van der Waals surface area (Å²) < 4.78 is 18.3. The van der Waals surface area contributed by atoms with Crippen LogP contribution in [0.15, 0.2) is 24.3 Å². The average molecular weight is 307 g/mol. The summed E-state index contributed by atoms with van der Waals surface area (Å²) in [4.78, 5) is 14.3. The lowest BCUT2D eigenvalue weighted by molar-refractivity contribution is -0.136. The van der Waals surface area contributed by atoms with Crippen molar-refractivity contribution in [2.75, 3.05) is 13.2 Å². The number of hydrogen-bond acceptors (Lipinski definition) is 3. The zero-order chi connectivity index (χ0) is 15.7. The highest BCUT2D eigenvalue weighted by Crippen LogP contribution is 2.46. The molecule has 1 aliphatic carbocycles. The molecule has 1 heterocycles. The van der Waals surface area contributed by atoms with E-state index in [1.807, 2.05) is 4.90 Å². The molecule has 1 amide bonds. The molecular formula is C17H22FNO3. The van der Waals surface area contributed by atoms with Gasteiger partial charge in [-0.2, -0.15) is 0 Å². The predicted molar refractivity (Wildman–Crippen MR) is 80.0 cm³/mol. The Bertz CT molecular complexity index is 547. The van der Waals surface area contributed by atoms with Gasteiger partial charge in [-0.25, -0.2) is 4.39 Å². The summed E-state index contributed by atoms with van der Waals surface area (Å²) >= 11 is 0. The second-order valence-electron chi connectivity index (χ2n) is 6.68. The number of ether oxygens (including phenoxy) is 1. The summed E-state index contributed by atoms with van der Waals surface area (Å²) in [5, 5.41) is 9.86. The molecule has 1 N–H and O–H groups in total. The standard InChI is InChI=1S/C17H22FNO3/c1-17-8-9-19(15(17)7-4-13(20)10-17)16(21)11-22-14-5-2-12(18)3-6-14/h2-3,5-6,13,15,20H,4,7-11H2,1H3/t13-,15-,17+/m1/s1. The highest BCUT2D eigenvalue weighted by molar-refractivity contribution is 5.78. The van der Waals surface area contributed by atoms with Gasteiger partial charge in [-0.15, -0.1) is 0 Å². The first-order chi connectivity index (χ1) is 10.5. The molecule has 3 rings (SSSR count). The predicted octanol–water partition coefficient (Wildman–Crippen LogP) is 2.36. The maximum Gasteiger partial charge on any atom is 0.260 e. The van der Waals surface area contributed by atoms with Crippen molar-refractivity contribution in [2.24, 2.45) is 5.41 Å². The third kappa shape index (κ3) is 2.95. The van der Waals surface area contributed by atoms with Crippen LogP contribution < -0.4 is 4.74 Å². The molecule has 0 radical (unpaired) electrons.